The Morgan fingerprint density at radius 1 is 1.09 bits per heavy atom. The van der Waals surface area contributed by atoms with Crippen LogP contribution in [-0.4, -0.2) is 60.8 Å². The number of carbonyl (C=O) groups is 2. The molecule has 0 radical (unpaired) electrons. The van der Waals surface area contributed by atoms with E-state index < -0.39 is 16.1 Å². The van der Waals surface area contributed by atoms with Crippen molar-refractivity contribution in [2.45, 2.75) is 51.5 Å². The number of hydrogen-bond acceptors (Lipinski definition) is 6. The Hall–Kier alpha value is -2.72. The van der Waals surface area contributed by atoms with Gasteiger partial charge in [-0.3, -0.25) is 9.59 Å². The summed E-state index contributed by atoms with van der Waals surface area (Å²) in [5.74, 6) is -0.0148. The number of amides is 2. The van der Waals surface area contributed by atoms with Crippen LogP contribution in [-0.2, 0) is 19.6 Å². The number of nitrogens with one attached hydrogen (secondary N) is 1. The van der Waals surface area contributed by atoms with Gasteiger partial charge in [-0.25, -0.2) is 8.42 Å². The smallest absolute Gasteiger partial charge is 0.249 e. The fourth-order valence-electron chi connectivity index (χ4n) is 4.03. The van der Waals surface area contributed by atoms with E-state index in [1.165, 1.54) is 4.31 Å². The normalized spacial score (nSPS) is 16.5. The second-order valence-corrected chi connectivity index (χ2v) is 10.6. The molecule has 1 aliphatic rings. The lowest BCUT2D eigenvalue weighted by molar-refractivity contribution is -0.136. The molecule has 1 saturated heterocycles. The first-order valence-electron chi connectivity index (χ1n) is 11.2. The molecule has 1 atom stereocenters. The van der Waals surface area contributed by atoms with Crippen LogP contribution in [0.5, 0.6) is 0 Å². The lowest BCUT2D eigenvalue weighted by atomic mass is 10.0. The molecule has 0 bridgehead atoms. The Bertz CT molecular complexity index is 1060. The van der Waals surface area contributed by atoms with E-state index in [0.717, 1.165) is 0 Å². The maximum Gasteiger partial charge on any atom is 0.249 e. The van der Waals surface area contributed by atoms with Crippen LogP contribution in [0.3, 0.4) is 0 Å². The molecule has 1 aromatic carbocycles. The lowest BCUT2D eigenvalue weighted by Crippen LogP contribution is -2.44. The molecule has 3 rings (SSSR count). The van der Waals surface area contributed by atoms with E-state index in [1.807, 2.05) is 44.2 Å². The van der Waals surface area contributed by atoms with Crippen LogP contribution in [0.4, 0.5) is 0 Å². The minimum Gasteiger partial charge on any atom is -0.360 e. The highest BCUT2D eigenvalue weighted by molar-refractivity contribution is 7.89. The van der Waals surface area contributed by atoms with Gasteiger partial charge in [-0.2, -0.15) is 4.31 Å². The molecule has 1 N–H and O–H groups in total. The zero-order valence-electron chi connectivity index (χ0n) is 19.6. The minimum atomic E-state index is -3.79. The number of aromatic nitrogens is 1. The third-order valence-electron chi connectivity index (χ3n) is 5.61. The first-order valence-corrected chi connectivity index (χ1v) is 12.6. The van der Waals surface area contributed by atoms with Crippen LogP contribution in [0.1, 0.15) is 49.7 Å². The summed E-state index contributed by atoms with van der Waals surface area (Å²) in [6.45, 7) is 8.13. The van der Waals surface area contributed by atoms with Crippen molar-refractivity contribution in [2.24, 2.45) is 5.92 Å². The lowest BCUT2D eigenvalue weighted by Gasteiger charge is -2.27. The van der Waals surface area contributed by atoms with Gasteiger partial charge in [-0.1, -0.05) is 49.3 Å². The second kappa shape index (κ2) is 10.5. The standard InChI is InChI=1S/C23H32N4O5S/c1-16(2)15-20(28)24-21(19-9-6-5-7-10-19)23(29)26-11-8-12-27(14-13-26)33(30,31)22-17(3)25-32-18(22)4/h5-7,9-10,16,21H,8,11-15H2,1-4H3,(H,24,28). The van der Waals surface area contributed by atoms with Gasteiger partial charge in [0, 0.05) is 32.6 Å². The van der Waals surface area contributed by atoms with Crippen molar-refractivity contribution >= 4 is 21.8 Å². The highest BCUT2D eigenvalue weighted by Gasteiger charge is 2.34. The summed E-state index contributed by atoms with van der Waals surface area (Å²) in [5, 5.41) is 6.64. The summed E-state index contributed by atoms with van der Waals surface area (Å²) in [7, 11) is -3.79. The number of nitrogens with zero attached hydrogens (tertiary/aromatic N) is 3. The van der Waals surface area contributed by atoms with Crippen molar-refractivity contribution in [3.63, 3.8) is 0 Å². The molecule has 0 saturated carbocycles. The van der Waals surface area contributed by atoms with E-state index >= 15 is 0 Å². The molecule has 9 nitrogen and oxygen atoms in total. The van der Waals surface area contributed by atoms with Crippen molar-refractivity contribution in [3.05, 3.63) is 47.3 Å². The molecule has 1 aliphatic heterocycles. The number of benzene rings is 1. The molecule has 1 unspecified atom stereocenters. The van der Waals surface area contributed by atoms with E-state index in [1.54, 1.807) is 18.7 Å². The second-order valence-electron chi connectivity index (χ2n) is 8.75. The van der Waals surface area contributed by atoms with Gasteiger partial charge in [0.2, 0.25) is 21.8 Å². The van der Waals surface area contributed by atoms with Crippen LogP contribution in [0.2, 0.25) is 0 Å². The number of rotatable bonds is 7. The Morgan fingerprint density at radius 3 is 2.39 bits per heavy atom. The first-order chi connectivity index (χ1) is 15.6. The van der Waals surface area contributed by atoms with Crippen molar-refractivity contribution in [3.8, 4) is 0 Å². The summed E-state index contributed by atoms with van der Waals surface area (Å²) in [6.07, 6.45) is 0.801. The van der Waals surface area contributed by atoms with Gasteiger partial charge >= 0.3 is 0 Å². The molecule has 10 heteroatoms. The number of sulfonamides is 1. The molecule has 33 heavy (non-hydrogen) atoms. The third kappa shape index (κ3) is 5.80. The molecule has 2 amide bonds. The molecule has 0 spiro atoms. The van der Waals surface area contributed by atoms with Gasteiger partial charge in [-0.05, 0) is 31.7 Å². The molecule has 180 valence electrons. The van der Waals surface area contributed by atoms with Crippen molar-refractivity contribution < 1.29 is 22.5 Å². The fraction of sp³-hybridized carbons (Fsp3) is 0.522. The monoisotopic (exact) mass is 476 g/mol. The zero-order valence-corrected chi connectivity index (χ0v) is 20.4. The van der Waals surface area contributed by atoms with Gasteiger partial charge in [-0.15, -0.1) is 0 Å². The predicted molar refractivity (Wildman–Crippen MR) is 123 cm³/mol. The molecule has 1 fully saturated rings. The van der Waals surface area contributed by atoms with Gasteiger partial charge in [0.15, 0.2) is 5.76 Å². The predicted octanol–water partition coefficient (Wildman–Crippen LogP) is 2.42. The molecule has 2 aromatic rings. The van der Waals surface area contributed by atoms with Crippen LogP contribution in [0.15, 0.2) is 39.8 Å². The number of hydrogen-bond donors (Lipinski definition) is 1. The van der Waals surface area contributed by atoms with Crippen LogP contribution in [0, 0.1) is 19.8 Å². The molecule has 2 heterocycles. The Kier molecular flexibility index (Phi) is 7.91. The van der Waals surface area contributed by atoms with Gasteiger partial charge in [0.05, 0.1) is 0 Å². The van der Waals surface area contributed by atoms with E-state index in [4.69, 9.17) is 4.52 Å². The largest absolute Gasteiger partial charge is 0.360 e. The van der Waals surface area contributed by atoms with Gasteiger partial charge in [0.25, 0.3) is 0 Å². The van der Waals surface area contributed by atoms with Crippen molar-refractivity contribution in [2.75, 3.05) is 26.2 Å². The summed E-state index contributed by atoms with van der Waals surface area (Å²) in [6, 6.07) is 8.30. The topological polar surface area (TPSA) is 113 Å². The zero-order chi connectivity index (χ0) is 24.2. The number of carbonyl (C=O) groups excluding carboxylic acids is 2. The molecular weight excluding hydrogens is 444 g/mol. The highest BCUT2D eigenvalue weighted by Crippen LogP contribution is 2.25. The number of aryl methyl sites for hydroxylation is 2. The van der Waals surface area contributed by atoms with Crippen molar-refractivity contribution in [1.82, 2.24) is 19.7 Å². The van der Waals surface area contributed by atoms with Crippen LogP contribution >= 0.6 is 0 Å². The van der Waals surface area contributed by atoms with E-state index in [0.29, 0.717) is 30.6 Å². The highest BCUT2D eigenvalue weighted by atomic mass is 32.2. The van der Waals surface area contributed by atoms with Crippen LogP contribution in [0.25, 0.3) is 0 Å². The minimum absolute atomic E-state index is 0.0883. The van der Waals surface area contributed by atoms with E-state index in [2.05, 4.69) is 10.5 Å². The van der Waals surface area contributed by atoms with Crippen LogP contribution < -0.4 is 5.32 Å². The third-order valence-corrected chi connectivity index (χ3v) is 7.75. The maximum absolute atomic E-state index is 13.5. The van der Waals surface area contributed by atoms with E-state index in [9.17, 15) is 18.0 Å². The molecular formula is C23H32N4O5S. The Morgan fingerprint density at radius 2 is 1.79 bits per heavy atom. The molecule has 0 aliphatic carbocycles. The maximum atomic E-state index is 13.5. The first kappa shape index (κ1) is 24.9. The Balaban J connectivity index is 1.78. The summed E-state index contributed by atoms with van der Waals surface area (Å²) >= 11 is 0. The van der Waals surface area contributed by atoms with E-state index in [-0.39, 0.29) is 48.0 Å². The SMILES string of the molecule is Cc1noc(C)c1S(=O)(=O)N1CCCN(C(=O)C(NC(=O)CC(C)C)c2ccccc2)CC1. The quantitative estimate of drug-likeness (QED) is 0.657. The Labute approximate surface area is 195 Å². The fourth-order valence-corrected chi connectivity index (χ4v) is 5.79. The van der Waals surface area contributed by atoms with Crippen molar-refractivity contribution in [1.29, 1.82) is 0 Å². The molecule has 1 aromatic heterocycles. The van der Waals surface area contributed by atoms with Gasteiger partial charge in [0.1, 0.15) is 16.6 Å². The average molecular weight is 477 g/mol. The summed E-state index contributed by atoms with van der Waals surface area (Å²) < 4.78 is 32.8. The average Bonchev–Trinajstić information content (AvgIpc) is 2.96. The summed E-state index contributed by atoms with van der Waals surface area (Å²) in [5.41, 5.74) is 1.02. The van der Waals surface area contributed by atoms with Gasteiger partial charge < -0.3 is 14.7 Å². The summed E-state index contributed by atoms with van der Waals surface area (Å²) in [4.78, 5) is 27.7.